The molecule has 0 aliphatic heterocycles. The lowest BCUT2D eigenvalue weighted by Crippen LogP contribution is -2.07. The van der Waals surface area contributed by atoms with Crippen LogP contribution < -0.4 is 20.1 Å². The van der Waals surface area contributed by atoms with Gasteiger partial charge in [-0.3, -0.25) is 0 Å². The molecular weight excluding hydrogens is 294 g/mol. The number of anilines is 3. The summed E-state index contributed by atoms with van der Waals surface area (Å²) in [5.41, 5.74) is 0.719. The van der Waals surface area contributed by atoms with Crippen molar-refractivity contribution in [1.29, 1.82) is 0 Å². The predicted octanol–water partition coefficient (Wildman–Crippen LogP) is 3.23. The second kappa shape index (κ2) is 8.77. The third-order valence-electron chi connectivity index (χ3n) is 3.30. The Morgan fingerprint density at radius 1 is 1.13 bits per heavy atom. The average Bonchev–Trinajstić information content (AvgIpc) is 2.59. The summed E-state index contributed by atoms with van der Waals surface area (Å²) in [6.07, 6.45) is 5.09. The molecule has 0 bridgehead atoms. The third kappa shape index (κ3) is 4.98. The molecule has 0 aliphatic carbocycles. The van der Waals surface area contributed by atoms with Crippen LogP contribution in [0, 0.1) is 0 Å². The molecule has 124 valence electrons. The highest BCUT2D eigenvalue weighted by molar-refractivity contribution is 5.65. The molecule has 0 saturated carbocycles. The Bertz CT molecular complexity index is 621. The van der Waals surface area contributed by atoms with E-state index in [4.69, 9.17) is 9.47 Å². The van der Waals surface area contributed by atoms with Crippen LogP contribution in [-0.2, 0) is 0 Å². The number of aromatic nitrogens is 3. The van der Waals surface area contributed by atoms with Crippen LogP contribution in [0.5, 0.6) is 11.5 Å². The van der Waals surface area contributed by atoms with Crippen LogP contribution in [0.25, 0.3) is 0 Å². The van der Waals surface area contributed by atoms with Crippen LogP contribution >= 0.6 is 0 Å². The van der Waals surface area contributed by atoms with Gasteiger partial charge >= 0.3 is 0 Å². The number of unbranched alkanes of at least 4 members (excludes halogenated alkanes) is 2. The van der Waals surface area contributed by atoms with E-state index in [0.717, 1.165) is 24.4 Å². The van der Waals surface area contributed by atoms with Crippen LogP contribution in [0.4, 0.5) is 17.5 Å². The summed E-state index contributed by atoms with van der Waals surface area (Å²) in [5, 5.41) is 14.3. The van der Waals surface area contributed by atoms with E-state index in [-0.39, 0.29) is 0 Å². The maximum Gasteiger partial charge on any atom is 0.249 e. The summed E-state index contributed by atoms with van der Waals surface area (Å²) in [6.45, 7) is 3.05. The molecule has 7 nitrogen and oxygen atoms in total. The highest BCUT2D eigenvalue weighted by atomic mass is 16.5. The van der Waals surface area contributed by atoms with Crippen LogP contribution in [0.15, 0.2) is 24.4 Å². The quantitative estimate of drug-likeness (QED) is 0.687. The van der Waals surface area contributed by atoms with Crippen molar-refractivity contribution in [2.45, 2.75) is 26.2 Å². The van der Waals surface area contributed by atoms with Crippen molar-refractivity contribution in [3.63, 3.8) is 0 Å². The average molecular weight is 317 g/mol. The number of rotatable bonds is 9. The van der Waals surface area contributed by atoms with Crippen molar-refractivity contribution in [2.75, 3.05) is 31.4 Å². The van der Waals surface area contributed by atoms with Crippen LogP contribution in [0.1, 0.15) is 26.2 Å². The second-order valence-electron chi connectivity index (χ2n) is 4.99. The van der Waals surface area contributed by atoms with Gasteiger partial charge in [-0.25, -0.2) is 0 Å². The molecule has 7 heteroatoms. The minimum atomic E-state index is 0.400. The molecule has 0 radical (unpaired) electrons. The van der Waals surface area contributed by atoms with E-state index in [9.17, 15) is 0 Å². The summed E-state index contributed by atoms with van der Waals surface area (Å²) < 4.78 is 10.6. The first-order chi connectivity index (χ1) is 11.3. The van der Waals surface area contributed by atoms with Gasteiger partial charge in [-0.15, -0.1) is 5.10 Å². The van der Waals surface area contributed by atoms with Gasteiger partial charge in [0.05, 0.1) is 26.1 Å². The first-order valence-corrected chi connectivity index (χ1v) is 7.69. The Hall–Kier alpha value is -2.57. The third-order valence-corrected chi connectivity index (χ3v) is 3.30. The first kappa shape index (κ1) is 16.8. The number of hydrogen-bond acceptors (Lipinski definition) is 7. The molecule has 1 heterocycles. The fourth-order valence-electron chi connectivity index (χ4n) is 2.07. The number of nitrogens with zero attached hydrogens (tertiary/aromatic N) is 3. The van der Waals surface area contributed by atoms with Crippen molar-refractivity contribution in [3.05, 3.63) is 24.4 Å². The molecule has 2 N–H and O–H groups in total. The Kier molecular flexibility index (Phi) is 6.40. The topological polar surface area (TPSA) is 81.2 Å². The Morgan fingerprint density at radius 3 is 2.74 bits per heavy atom. The second-order valence-corrected chi connectivity index (χ2v) is 4.99. The maximum absolute atomic E-state index is 5.33. The summed E-state index contributed by atoms with van der Waals surface area (Å²) in [5.74, 6) is 2.49. The van der Waals surface area contributed by atoms with Gasteiger partial charge in [-0.2, -0.15) is 10.1 Å². The molecule has 23 heavy (non-hydrogen) atoms. The monoisotopic (exact) mass is 317 g/mol. The number of ether oxygens (including phenoxy) is 2. The van der Waals surface area contributed by atoms with E-state index in [1.807, 2.05) is 18.2 Å². The maximum atomic E-state index is 5.33. The molecule has 0 fully saturated rings. The van der Waals surface area contributed by atoms with E-state index in [1.165, 1.54) is 12.8 Å². The Morgan fingerprint density at radius 2 is 2.00 bits per heavy atom. The number of methoxy groups -OCH3 is 2. The molecule has 0 atom stereocenters. The minimum Gasteiger partial charge on any atom is -0.497 e. The molecule has 0 spiro atoms. The van der Waals surface area contributed by atoms with Gasteiger partial charge in [-0.1, -0.05) is 19.8 Å². The molecule has 1 aromatic carbocycles. The van der Waals surface area contributed by atoms with Gasteiger partial charge in [-0.05, 0) is 18.6 Å². The highest BCUT2D eigenvalue weighted by Crippen LogP contribution is 2.30. The Labute approximate surface area is 136 Å². The first-order valence-electron chi connectivity index (χ1n) is 7.69. The molecule has 2 rings (SSSR count). The zero-order valence-corrected chi connectivity index (χ0v) is 13.8. The van der Waals surface area contributed by atoms with E-state index >= 15 is 0 Å². The summed E-state index contributed by atoms with van der Waals surface area (Å²) in [7, 11) is 3.22. The van der Waals surface area contributed by atoms with Gasteiger partial charge in [0.1, 0.15) is 11.5 Å². The summed E-state index contributed by atoms with van der Waals surface area (Å²) >= 11 is 0. The Balaban J connectivity index is 2.08. The van der Waals surface area contributed by atoms with E-state index < -0.39 is 0 Å². The molecular formula is C16H23N5O2. The molecule has 0 saturated heterocycles. The zero-order valence-electron chi connectivity index (χ0n) is 13.8. The normalized spacial score (nSPS) is 10.2. The molecule has 1 aromatic heterocycles. The molecule has 0 aliphatic rings. The number of benzene rings is 1. The predicted molar refractivity (Wildman–Crippen MR) is 90.7 cm³/mol. The van der Waals surface area contributed by atoms with Gasteiger partial charge in [0.25, 0.3) is 0 Å². The van der Waals surface area contributed by atoms with Gasteiger partial charge in [0.2, 0.25) is 5.95 Å². The fraction of sp³-hybridized carbons (Fsp3) is 0.438. The van der Waals surface area contributed by atoms with E-state index in [0.29, 0.717) is 17.5 Å². The van der Waals surface area contributed by atoms with Crippen molar-refractivity contribution < 1.29 is 9.47 Å². The highest BCUT2D eigenvalue weighted by Gasteiger charge is 2.08. The molecule has 0 unspecified atom stereocenters. The van der Waals surface area contributed by atoms with Crippen LogP contribution in [-0.4, -0.2) is 35.9 Å². The van der Waals surface area contributed by atoms with Crippen molar-refractivity contribution >= 4 is 17.5 Å². The summed E-state index contributed by atoms with van der Waals surface area (Å²) in [4.78, 5) is 4.40. The van der Waals surface area contributed by atoms with Gasteiger partial charge < -0.3 is 20.1 Å². The van der Waals surface area contributed by atoms with Crippen molar-refractivity contribution in [3.8, 4) is 11.5 Å². The van der Waals surface area contributed by atoms with Gasteiger partial charge in [0, 0.05) is 12.6 Å². The zero-order chi connectivity index (χ0) is 16.5. The van der Waals surface area contributed by atoms with Crippen molar-refractivity contribution in [1.82, 2.24) is 15.2 Å². The lowest BCUT2D eigenvalue weighted by Gasteiger charge is -2.12. The van der Waals surface area contributed by atoms with Crippen molar-refractivity contribution in [2.24, 2.45) is 0 Å². The van der Waals surface area contributed by atoms with E-state index in [2.05, 4.69) is 32.7 Å². The number of nitrogens with one attached hydrogen (secondary N) is 2. The van der Waals surface area contributed by atoms with E-state index in [1.54, 1.807) is 20.4 Å². The van der Waals surface area contributed by atoms with Crippen LogP contribution in [0.3, 0.4) is 0 Å². The summed E-state index contributed by atoms with van der Waals surface area (Å²) in [6, 6.07) is 5.47. The lowest BCUT2D eigenvalue weighted by molar-refractivity contribution is 0.405. The smallest absolute Gasteiger partial charge is 0.249 e. The number of hydrogen-bond donors (Lipinski definition) is 2. The van der Waals surface area contributed by atoms with Gasteiger partial charge in [0.15, 0.2) is 5.82 Å². The molecule has 0 amide bonds. The molecule has 2 aromatic rings. The van der Waals surface area contributed by atoms with Crippen LogP contribution in [0.2, 0.25) is 0 Å². The SMILES string of the molecule is CCCCCNc1cnnc(Nc2cc(OC)ccc2OC)n1. The fourth-order valence-corrected chi connectivity index (χ4v) is 2.07. The standard InChI is InChI=1S/C16H23N5O2/c1-4-5-6-9-17-15-11-18-21-16(20-15)19-13-10-12(22-2)7-8-14(13)23-3/h7-8,10-11H,4-6,9H2,1-3H3,(H2,17,19,20,21). The lowest BCUT2D eigenvalue weighted by atomic mass is 10.2. The largest absolute Gasteiger partial charge is 0.497 e. The minimum absolute atomic E-state index is 0.400.